The summed E-state index contributed by atoms with van der Waals surface area (Å²) in [4.78, 5) is 20.7. The number of nitrogens with zero attached hydrogens (tertiary/aromatic N) is 3. The molecule has 1 amide bonds. The van der Waals surface area contributed by atoms with E-state index in [0.29, 0.717) is 18.5 Å². The van der Waals surface area contributed by atoms with Crippen molar-refractivity contribution in [1.82, 2.24) is 20.4 Å². The number of amides is 1. The normalized spacial score (nSPS) is 20.1. The minimum Gasteiger partial charge on any atom is -0.392 e. The molecule has 0 radical (unpaired) electrons. The molecule has 1 unspecified atom stereocenters. The average molecular weight is 529 g/mol. The molecule has 1 aromatic carbocycles. The smallest absolute Gasteiger partial charge is 0.241 e. The Bertz CT molecular complexity index is 707. The highest BCUT2D eigenvalue weighted by Crippen LogP contribution is 2.19. The zero-order valence-corrected chi connectivity index (χ0v) is 20.5. The molecule has 3 rings (SSSR count). The number of aliphatic hydroxyl groups is 1. The van der Waals surface area contributed by atoms with E-state index in [1.807, 2.05) is 6.07 Å². The molecule has 1 aliphatic heterocycles. The number of rotatable bonds is 7. The minimum atomic E-state index is -0.208. The number of nitrogens with one attached hydrogen (secondary N) is 2. The Balaban J connectivity index is 0.00000320. The van der Waals surface area contributed by atoms with Crippen LogP contribution >= 0.6 is 24.0 Å². The monoisotopic (exact) mass is 529 g/mol. The zero-order chi connectivity index (χ0) is 20.6. The summed E-state index contributed by atoms with van der Waals surface area (Å²) in [5.41, 5.74) is 2.43. The minimum absolute atomic E-state index is 0. The molecule has 1 aliphatic carbocycles. The van der Waals surface area contributed by atoms with E-state index < -0.39 is 0 Å². The van der Waals surface area contributed by atoms with Crippen molar-refractivity contribution >= 4 is 35.8 Å². The Labute approximate surface area is 197 Å². The first-order valence-electron chi connectivity index (χ1n) is 10.7. The van der Waals surface area contributed by atoms with E-state index in [1.54, 1.807) is 19.0 Å². The summed E-state index contributed by atoms with van der Waals surface area (Å²) < 4.78 is 0. The summed E-state index contributed by atoms with van der Waals surface area (Å²) in [7, 11) is 3.52. The summed E-state index contributed by atoms with van der Waals surface area (Å²) in [6.07, 6.45) is 5.42. The van der Waals surface area contributed by atoms with Gasteiger partial charge in [0.25, 0.3) is 0 Å². The molecule has 0 spiro atoms. The molecule has 0 aromatic heterocycles. The van der Waals surface area contributed by atoms with E-state index in [0.717, 1.165) is 38.9 Å². The van der Waals surface area contributed by atoms with Crippen LogP contribution in [0.2, 0.25) is 0 Å². The summed E-state index contributed by atoms with van der Waals surface area (Å²) in [5, 5.41) is 16.5. The highest BCUT2D eigenvalue weighted by atomic mass is 127. The molecule has 1 aromatic rings. The Kier molecular flexibility index (Phi) is 10.3. The Morgan fingerprint density at radius 1 is 1.20 bits per heavy atom. The van der Waals surface area contributed by atoms with Crippen molar-refractivity contribution in [3.8, 4) is 0 Å². The number of guanidine groups is 1. The molecule has 2 aliphatic rings. The number of likely N-dealkylation sites (tertiary alicyclic amines) is 1. The number of halogens is 1. The van der Waals surface area contributed by atoms with Crippen LogP contribution in [0, 0.1) is 0 Å². The van der Waals surface area contributed by atoms with E-state index in [2.05, 4.69) is 33.7 Å². The quantitative estimate of drug-likeness (QED) is 0.286. The van der Waals surface area contributed by atoms with Gasteiger partial charge in [-0.2, -0.15) is 0 Å². The number of likely N-dealkylation sites (N-methyl/N-ethyl adjacent to an activating group) is 1. The van der Waals surface area contributed by atoms with Gasteiger partial charge >= 0.3 is 0 Å². The van der Waals surface area contributed by atoms with E-state index in [9.17, 15) is 9.90 Å². The molecule has 1 atom stereocenters. The van der Waals surface area contributed by atoms with Crippen LogP contribution in [0.15, 0.2) is 29.3 Å². The second kappa shape index (κ2) is 12.5. The first-order chi connectivity index (χ1) is 14.0. The summed E-state index contributed by atoms with van der Waals surface area (Å²) in [6, 6.07) is 8.78. The second-order valence-corrected chi connectivity index (χ2v) is 8.38. The van der Waals surface area contributed by atoms with Crippen LogP contribution < -0.4 is 10.6 Å². The number of aliphatic hydroxyl groups excluding tert-OH is 1. The van der Waals surface area contributed by atoms with Gasteiger partial charge in [0.2, 0.25) is 5.91 Å². The van der Waals surface area contributed by atoms with Gasteiger partial charge in [-0.15, -0.1) is 24.0 Å². The SMILES string of the molecule is CN(C)C(=O)CNC(=NCc1ccccc1CN1CCC(O)C1)NC1CCCC1.I. The van der Waals surface area contributed by atoms with E-state index in [1.165, 1.54) is 24.0 Å². The molecular weight excluding hydrogens is 493 g/mol. The van der Waals surface area contributed by atoms with Gasteiger partial charge in [0.1, 0.15) is 0 Å². The molecule has 3 N–H and O–H groups in total. The van der Waals surface area contributed by atoms with Crippen molar-refractivity contribution in [3.63, 3.8) is 0 Å². The Morgan fingerprint density at radius 2 is 1.90 bits per heavy atom. The number of aliphatic imine (C=N–C) groups is 1. The molecule has 7 nitrogen and oxygen atoms in total. The van der Waals surface area contributed by atoms with E-state index >= 15 is 0 Å². The van der Waals surface area contributed by atoms with Gasteiger partial charge in [-0.25, -0.2) is 4.99 Å². The van der Waals surface area contributed by atoms with Crippen molar-refractivity contribution in [1.29, 1.82) is 0 Å². The number of carbonyl (C=O) groups excluding carboxylic acids is 1. The van der Waals surface area contributed by atoms with Crippen LogP contribution in [0.4, 0.5) is 0 Å². The lowest BCUT2D eigenvalue weighted by Gasteiger charge is -2.19. The first kappa shape index (κ1) is 24.9. The van der Waals surface area contributed by atoms with E-state index in [4.69, 9.17) is 4.99 Å². The van der Waals surface area contributed by atoms with Crippen LogP contribution in [-0.2, 0) is 17.9 Å². The summed E-state index contributed by atoms with van der Waals surface area (Å²) >= 11 is 0. The van der Waals surface area contributed by atoms with Gasteiger partial charge in [-0.05, 0) is 30.4 Å². The third-order valence-corrected chi connectivity index (χ3v) is 5.77. The molecule has 2 fully saturated rings. The largest absolute Gasteiger partial charge is 0.392 e. The average Bonchev–Trinajstić information content (AvgIpc) is 3.36. The lowest BCUT2D eigenvalue weighted by atomic mass is 10.1. The van der Waals surface area contributed by atoms with Gasteiger partial charge in [0.15, 0.2) is 5.96 Å². The van der Waals surface area contributed by atoms with Crippen LogP contribution in [0.3, 0.4) is 0 Å². The van der Waals surface area contributed by atoms with Crippen molar-refractivity contribution in [2.75, 3.05) is 33.7 Å². The predicted molar refractivity (Wildman–Crippen MR) is 131 cm³/mol. The summed E-state index contributed by atoms with van der Waals surface area (Å²) in [5.74, 6) is 0.734. The van der Waals surface area contributed by atoms with Crippen molar-refractivity contribution in [2.45, 2.75) is 57.3 Å². The van der Waals surface area contributed by atoms with Gasteiger partial charge in [-0.1, -0.05) is 37.1 Å². The van der Waals surface area contributed by atoms with Gasteiger partial charge in [0.05, 0.1) is 19.2 Å². The number of carbonyl (C=O) groups is 1. The third kappa shape index (κ3) is 7.70. The van der Waals surface area contributed by atoms with Crippen molar-refractivity contribution < 1.29 is 9.90 Å². The molecule has 8 heteroatoms. The predicted octanol–water partition coefficient (Wildman–Crippen LogP) is 1.94. The molecular formula is C22H36IN5O2. The first-order valence-corrected chi connectivity index (χ1v) is 10.7. The fourth-order valence-corrected chi connectivity index (χ4v) is 3.96. The number of β-amino-alcohol motifs (C(OH)–C–C–N with tert-alkyl or cyclic N) is 1. The van der Waals surface area contributed by atoms with Crippen LogP contribution in [0.25, 0.3) is 0 Å². The van der Waals surface area contributed by atoms with Crippen LogP contribution in [0.5, 0.6) is 0 Å². The van der Waals surface area contributed by atoms with Gasteiger partial charge in [0, 0.05) is 39.8 Å². The van der Waals surface area contributed by atoms with E-state index in [-0.39, 0.29) is 42.5 Å². The van der Waals surface area contributed by atoms with Crippen molar-refractivity contribution in [2.24, 2.45) is 4.99 Å². The topological polar surface area (TPSA) is 80.2 Å². The van der Waals surface area contributed by atoms with Gasteiger partial charge < -0.3 is 20.6 Å². The highest BCUT2D eigenvalue weighted by Gasteiger charge is 2.21. The highest BCUT2D eigenvalue weighted by molar-refractivity contribution is 14.0. The molecule has 30 heavy (non-hydrogen) atoms. The zero-order valence-electron chi connectivity index (χ0n) is 18.1. The second-order valence-electron chi connectivity index (χ2n) is 8.38. The lowest BCUT2D eigenvalue weighted by Crippen LogP contribution is -2.46. The fourth-order valence-electron chi connectivity index (χ4n) is 3.96. The maximum Gasteiger partial charge on any atom is 0.241 e. The Hall–Kier alpha value is -1.39. The molecule has 168 valence electrons. The lowest BCUT2D eigenvalue weighted by molar-refractivity contribution is -0.127. The fraction of sp³-hybridized carbons (Fsp3) is 0.636. The van der Waals surface area contributed by atoms with Gasteiger partial charge in [-0.3, -0.25) is 9.69 Å². The van der Waals surface area contributed by atoms with Crippen LogP contribution in [0.1, 0.15) is 43.2 Å². The van der Waals surface area contributed by atoms with Crippen LogP contribution in [-0.4, -0.2) is 72.6 Å². The Morgan fingerprint density at radius 3 is 2.53 bits per heavy atom. The van der Waals surface area contributed by atoms with Crippen molar-refractivity contribution in [3.05, 3.63) is 35.4 Å². The summed E-state index contributed by atoms with van der Waals surface area (Å²) in [6.45, 7) is 3.30. The maximum atomic E-state index is 12.0. The third-order valence-electron chi connectivity index (χ3n) is 5.77. The number of benzene rings is 1. The standard InChI is InChI=1S/C22H35N5O2.HI/c1-26(2)21(29)14-24-22(25-19-9-5-6-10-19)23-13-17-7-3-4-8-18(17)15-27-12-11-20(28)16-27;/h3-4,7-8,19-20,28H,5-6,9-16H2,1-2H3,(H2,23,24,25);1H. The maximum absolute atomic E-state index is 12.0. The number of hydrogen-bond acceptors (Lipinski definition) is 4. The number of hydrogen-bond donors (Lipinski definition) is 3. The molecule has 0 bridgehead atoms. The molecule has 1 heterocycles. The molecule has 1 saturated heterocycles. The molecule has 1 saturated carbocycles.